The first kappa shape index (κ1) is 39.1. The molecule has 0 spiro atoms. The predicted octanol–water partition coefficient (Wildman–Crippen LogP) is 4.89. The third-order valence-corrected chi connectivity index (χ3v) is 11.9. The highest BCUT2D eigenvalue weighted by Crippen LogP contribution is 2.44. The first-order valence-corrected chi connectivity index (χ1v) is 19.1. The highest BCUT2D eigenvalue weighted by atomic mass is 19.4. The van der Waals surface area contributed by atoms with E-state index in [4.69, 9.17) is 0 Å². The molecule has 1 saturated carbocycles. The van der Waals surface area contributed by atoms with Crippen LogP contribution in [0, 0.1) is 5.92 Å². The quantitative estimate of drug-likeness (QED) is 0.174. The van der Waals surface area contributed by atoms with Crippen LogP contribution in [0.25, 0.3) is 21.9 Å². The Morgan fingerprint density at radius 1 is 0.966 bits per heavy atom. The van der Waals surface area contributed by atoms with Crippen LogP contribution in [0.2, 0.25) is 0 Å². The van der Waals surface area contributed by atoms with E-state index in [9.17, 15) is 37.1 Å². The van der Waals surface area contributed by atoms with Gasteiger partial charge in [0.1, 0.15) is 23.2 Å². The van der Waals surface area contributed by atoms with Gasteiger partial charge in [0.2, 0.25) is 11.8 Å². The summed E-state index contributed by atoms with van der Waals surface area (Å²) >= 11 is 0. The monoisotopic (exact) mass is 809 g/mol. The molecular weight excluding hydrogens is 769 g/mol. The topological polar surface area (TPSA) is 158 Å². The molecule has 19 heteroatoms. The average Bonchev–Trinajstić information content (AvgIpc) is 3.72. The van der Waals surface area contributed by atoms with E-state index in [1.807, 2.05) is 0 Å². The average molecular weight is 810 g/mol. The fourth-order valence-corrected chi connectivity index (χ4v) is 8.88. The van der Waals surface area contributed by atoms with Gasteiger partial charge in [0.05, 0.1) is 29.5 Å². The first-order chi connectivity index (χ1) is 27.5. The lowest BCUT2D eigenvalue weighted by molar-refractivity contribution is -0.141. The molecular formula is C39H40F5N9O5. The van der Waals surface area contributed by atoms with Gasteiger partial charge < -0.3 is 5.32 Å². The van der Waals surface area contributed by atoms with Crippen LogP contribution >= 0.6 is 0 Å². The maximum atomic E-state index is 16.1. The smallest absolute Gasteiger partial charge is 0.307 e. The number of imidazole rings is 1. The Morgan fingerprint density at radius 2 is 1.71 bits per heavy atom. The molecule has 2 atom stereocenters. The van der Waals surface area contributed by atoms with Gasteiger partial charge >= 0.3 is 11.9 Å². The van der Waals surface area contributed by atoms with E-state index in [0.29, 0.717) is 47.9 Å². The van der Waals surface area contributed by atoms with Crippen molar-refractivity contribution < 1.29 is 36.3 Å². The normalized spacial score (nSPS) is 23.0. The molecule has 3 amide bonds. The molecule has 2 aliphatic heterocycles. The number of piperidine rings is 2. The van der Waals surface area contributed by atoms with E-state index < -0.39 is 71.0 Å². The molecule has 306 valence electrons. The number of fused-ring (bicyclic) bond motifs is 2. The number of para-hydroxylation sites is 1. The summed E-state index contributed by atoms with van der Waals surface area (Å²) in [5, 5.41) is 9.73. The summed E-state index contributed by atoms with van der Waals surface area (Å²) in [7, 11) is 2.92. The second-order valence-electron chi connectivity index (χ2n) is 15.6. The maximum absolute atomic E-state index is 16.1. The number of hydrogen-bond acceptors (Lipinski definition) is 8. The van der Waals surface area contributed by atoms with E-state index in [1.54, 1.807) is 34.0 Å². The molecule has 3 aliphatic rings. The van der Waals surface area contributed by atoms with Crippen LogP contribution in [-0.4, -0.2) is 76.6 Å². The highest BCUT2D eigenvalue weighted by molar-refractivity contribution is 6.03. The number of aromatic nitrogens is 6. The number of pyridine rings is 2. The molecule has 1 aromatic carbocycles. The Bertz CT molecular complexity index is 2580. The summed E-state index contributed by atoms with van der Waals surface area (Å²) in [4.78, 5) is 69.1. The van der Waals surface area contributed by atoms with Gasteiger partial charge in [-0.05, 0) is 80.8 Å². The SMILES string of the molecule is Cn1c(NC(=O)c2cccc(C(F)(F)F)n2)cc2cn(C3CCC(CN4CCC(c5cccc6c5n(C)c(=O)n6C5CCC(=O)NC5=O)C(F)(F)C4)CC3)nc2c1=O. The van der Waals surface area contributed by atoms with Crippen molar-refractivity contribution in [3.63, 3.8) is 0 Å². The van der Waals surface area contributed by atoms with Gasteiger partial charge in [0, 0.05) is 38.6 Å². The number of hydrogen-bond donors (Lipinski definition) is 2. The number of carbonyl (C=O) groups excluding carboxylic acids is 3. The minimum Gasteiger partial charge on any atom is -0.307 e. The molecule has 2 unspecified atom stereocenters. The zero-order valence-corrected chi connectivity index (χ0v) is 31.6. The predicted molar refractivity (Wildman–Crippen MR) is 201 cm³/mol. The summed E-state index contributed by atoms with van der Waals surface area (Å²) < 4.78 is 77.2. The van der Waals surface area contributed by atoms with E-state index in [2.05, 4.69) is 20.7 Å². The van der Waals surface area contributed by atoms with Gasteiger partial charge in [-0.1, -0.05) is 18.2 Å². The lowest BCUT2D eigenvalue weighted by Crippen LogP contribution is -2.49. The number of amides is 3. The molecule has 6 heterocycles. The number of likely N-dealkylation sites (tertiary alicyclic amines) is 1. The van der Waals surface area contributed by atoms with Crippen molar-refractivity contribution in [2.45, 2.75) is 75.0 Å². The summed E-state index contributed by atoms with van der Waals surface area (Å²) in [6.07, 6.45) is 0.192. The van der Waals surface area contributed by atoms with Gasteiger partial charge in [-0.3, -0.25) is 47.8 Å². The van der Waals surface area contributed by atoms with Crippen LogP contribution in [0.15, 0.2) is 58.3 Å². The Morgan fingerprint density at radius 3 is 2.41 bits per heavy atom. The van der Waals surface area contributed by atoms with E-state index in [1.165, 1.54) is 29.3 Å². The van der Waals surface area contributed by atoms with Crippen molar-refractivity contribution in [2.75, 3.05) is 25.0 Å². The minimum absolute atomic E-state index is 0.0527. The molecule has 5 aromatic rings. The zero-order valence-electron chi connectivity index (χ0n) is 31.6. The number of carbonyl (C=O) groups is 3. The fraction of sp³-hybridized carbons (Fsp3) is 0.462. The first-order valence-electron chi connectivity index (χ1n) is 19.1. The Hall–Kier alpha value is -5.72. The van der Waals surface area contributed by atoms with Crippen molar-refractivity contribution in [1.82, 2.24) is 38.7 Å². The zero-order chi connectivity index (χ0) is 41.3. The van der Waals surface area contributed by atoms with Crippen LogP contribution in [0.1, 0.15) is 84.7 Å². The second kappa shape index (κ2) is 14.6. The van der Waals surface area contributed by atoms with Crippen LogP contribution < -0.4 is 21.9 Å². The number of halogens is 5. The standard InChI is InChI=1S/C39H40F5N9O5/c1-49-30(46-34(55)26-6-4-8-29(45-26)39(42,43)44)17-22-19-52(48-32(22)36(49)57)23-11-9-21(10-12-23)18-51-16-15-25(38(40,41)20-51)24-5-3-7-27-33(24)50(2)37(58)53(27)28-13-14-31(54)47-35(28)56/h3-8,17,19,21,23,25,28H,9-16,18,20H2,1-2H3,(H,46,55)(H,47,54,56). The molecule has 3 fully saturated rings. The Labute approximate surface area is 326 Å². The van der Waals surface area contributed by atoms with Crippen LogP contribution in [0.4, 0.5) is 27.8 Å². The summed E-state index contributed by atoms with van der Waals surface area (Å²) in [6, 6.07) is 8.40. The number of aryl methyl sites for hydroxylation is 1. The summed E-state index contributed by atoms with van der Waals surface area (Å²) in [5.41, 5.74) is -1.47. The molecule has 58 heavy (non-hydrogen) atoms. The van der Waals surface area contributed by atoms with E-state index >= 15 is 8.78 Å². The number of alkyl halides is 5. The van der Waals surface area contributed by atoms with Gasteiger partial charge in [0.25, 0.3) is 17.4 Å². The number of benzene rings is 1. The van der Waals surface area contributed by atoms with Crippen molar-refractivity contribution in [2.24, 2.45) is 20.0 Å². The molecule has 4 aromatic heterocycles. The summed E-state index contributed by atoms with van der Waals surface area (Å²) in [6.45, 7) is 0.455. The van der Waals surface area contributed by atoms with Crippen LogP contribution in [0.3, 0.4) is 0 Å². The molecule has 2 N–H and O–H groups in total. The summed E-state index contributed by atoms with van der Waals surface area (Å²) in [5.74, 6) is -5.99. The molecule has 8 rings (SSSR count). The fourth-order valence-electron chi connectivity index (χ4n) is 8.88. The third-order valence-electron chi connectivity index (χ3n) is 11.9. The maximum Gasteiger partial charge on any atom is 0.433 e. The van der Waals surface area contributed by atoms with Crippen molar-refractivity contribution >= 4 is 45.5 Å². The lowest BCUT2D eigenvalue weighted by Gasteiger charge is -2.41. The van der Waals surface area contributed by atoms with Crippen molar-refractivity contribution in [3.8, 4) is 0 Å². The number of imide groups is 1. The molecule has 2 saturated heterocycles. The Kier molecular flexibility index (Phi) is 9.84. The molecule has 14 nitrogen and oxygen atoms in total. The largest absolute Gasteiger partial charge is 0.433 e. The van der Waals surface area contributed by atoms with Gasteiger partial charge in [-0.15, -0.1) is 0 Å². The van der Waals surface area contributed by atoms with E-state index in [0.717, 1.165) is 35.6 Å². The van der Waals surface area contributed by atoms with Gasteiger partial charge in [-0.2, -0.15) is 18.3 Å². The minimum atomic E-state index is -4.74. The molecule has 1 aliphatic carbocycles. The van der Waals surface area contributed by atoms with Gasteiger partial charge in [0.15, 0.2) is 5.52 Å². The Balaban J connectivity index is 0.914. The van der Waals surface area contributed by atoms with E-state index in [-0.39, 0.29) is 42.6 Å². The van der Waals surface area contributed by atoms with Crippen LogP contribution in [0.5, 0.6) is 0 Å². The highest BCUT2D eigenvalue weighted by Gasteiger charge is 2.47. The molecule has 0 bridgehead atoms. The number of nitrogens with zero attached hydrogens (tertiary/aromatic N) is 7. The number of anilines is 1. The van der Waals surface area contributed by atoms with Crippen molar-refractivity contribution in [1.29, 1.82) is 0 Å². The lowest BCUT2D eigenvalue weighted by atomic mass is 9.83. The van der Waals surface area contributed by atoms with Gasteiger partial charge in [-0.25, -0.2) is 18.6 Å². The molecule has 0 radical (unpaired) electrons. The number of rotatable bonds is 7. The van der Waals surface area contributed by atoms with Crippen molar-refractivity contribution in [3.05, 3.63) is 86.5 Å². The second-order valence-corrected chi connectivity index (χ2v) is 15.6. The van der Waals surface area contributed by atoms with Crippen LogP contribution in [-0.2, 0) is 29.9 Å². The number of nitrogens with one attached hydrogen (secondary N) is 2. The third kappa shape index (κ3) is 7.08.